The second-order valence-corrected chi connectivity index (χ2v) is 8.25. The first-order chi connectivity index (χ1) is 15.0. The Morgan fingerprint density at radius 3 is 2.48 bits per heavy atom. The van der Waals surface area contributed by atoms with Crippen molar-refractivity contribution in [1.82, 2.24) is 15.5 Å². The van der Waals surface area contributed by atoms with Crippen molar-refractivity contribution in [2.75, 3.05) is 38.6 Å². The van der Waals surface area contributed by atoms with Crippen LogP contribution in [0.3, 0.4) is 0 Å². The van der Waals surface area contributed by atoms with Crippen LogP contribution in [-0.2, 0) is 6.54 Å². The van der Waals surface area contributed by atoms with Crippen molar-refractivity contribution in [3.8, 4) is 0 Å². The number of benzene rings is 2. The van der Waals surface area contributed by atoms with Crippen LogP contribution in [-0.4, -0.2) is 50.5 Å². The lowest BCUT2D eigenvalue weighted by molar-refractivity contribution is 0.0827. The molecular weight excluding hydrogens is 386 g/mol. The molecule has 0 aromatic heterocycles. The number of rotatable bonds is 7. The van der Waals surface area contributed by atoms with E-state index in [1.54, 1.807) is 19.0 Å². The minimum Gasteiger partial charge on any atom is -0.372 e. The van der Waals surface area contributed by atoms with Gasteiger partial charge in [-0.05, 0) is 62.1 Å². The highest BCUT2D eigenvalue weighted by Gasteiger charge is 2.14. The predicted molar refractivity (Wildman–Crippen MR) is 129 cm³/mol. The summed E-state index contributed by atoms with van der Waals surface area (Å²) >= 11 is 0. The normalized spacial score (nSPS) is 15.0. The van der Waals surface area contributed by atoms with Crippen LogP contribution in [0.5, 0.6) is 0 Å². The lowest BCUT2D eigenvalue weighted by Crippen LogP contribution is -2.38. The van der Waals surface area contributed by atoms with Crippen LogP contribution in [0.2, 0.25) is 0 Å². The summed E-state index contributed by atoms with van der Waals surface area (Å²) in [5.74, 6) is 0.796. The Morgan fingerprint density at radius 2 is 1.84 bits per heavy atom. The molecule has 1 aliphatic rings. The van der Waals surface area contributed by atoms with Crippen LogP contribution in [0, 0.1) is 0 Å². The first-order valence-electron chi connectivity index (χ1n) is 11.2. The van der Waals surface area contributed by atoms with Crippen molar-refractivity contribution < 1.29 is 4.79 Å². The number of guanidine groups is 1. The monoisotopic (exact) mass is 421 g/mol. The summed E-state index contributed by atoms with van der Waals surface area (Å²) in [7, 11) is 3.52. The molecule has 1 atom stereocenters. The van der Waals surface area contributed by atoms with Gasteiger partial charge in [0.05, 0.1) is 12.6 Å². The molecule has 1 aliphatic heterocycles. The topological polar surface area (TPSA) is 60.0 Å². The van der Waals surface area contributed by atoms with E-state index in [2.05, 4.69) is 53.6 Å². The lowest BCUT2D eigenvalue weighted by atomic mass is 10.1. The van der Waals surface area contributed by atoms with Crippen LogP contribution in [0.1, 0.15) is 54.2 Å². The van der Waals surface area contributed by atoms with E-state index in [1.807, 2.05) is 24.3 Å². The third-order valence-corrected chi connectivity index (χ3v) is 5.57. The summed E-state index contributed by atoms with van der Waals surface area (Å²) < 4.78 is 0. The molecule has 2 N–H and O–H groups in total. The molecule has 1 heterocycles. The number of nitrogens with one attached hydrogen (secondary N) is 2. The Labute approximate surface area is 186 Å². The fourth-order valence-electron chi connectivity index (χ4n) is 3.76. The largest absolute Gasteiger partial charge is 0.372 e. The second kappa shape index (κ2) is 10.8. The quantitative estimate of drug-likeness (QED) is 0.527. The van der Waals surface area contributed by atoms with Gasteiger partial charge in [0.1, 0.15) is 0 Å². The van der Waals surface area contributed by atoms with Crippen LogP contribution < -0.4 is 15.5 Å². The molecule has 31 heavy (non-hydrogen) atoms. The fraction of sp³-hybridized carbons (Fsp3) is 0.440. The highest BCUT2D eigenvalue weighted by Crippen LogP contribution is 2.24. The van der Waals surface area contributed by atoms with Gasteiger partial charge in [-0.2, -0.15) is 0 Å². The summed E-state index contributed by atoms with van der Waals surface area (Å²) in [6, 6.07) is 16.6. The highest BCUT2D eigenvalue weighted by atomic mass is 16.2. The van der Waals surface area contributed by atoms with Crippen molar-refractivity contribution in [2.45, 2.75) is 39.3 Å². The third kappa shape index (κ3) is 6.23. The minimum absolute atomic E-state index is 0.00930. The van der Waals surface area contributed by atoms with Crippen molar-refractivity contribution in [1.29, 1.82) is 0 Å². The van der Waals surface area contributed by atoms with Gasteiger partial charge in [-0.1, -0.05) is 24.3 Å². The Balaban J connectivity index is 1.65. The average molecular weight is 422 g/mol. The van der Waals surface area contributed by atoms with E-state index in [1.165, 1.54) is 24.1 Å². The molecule has 6 nitrogen and oxygen atoms in total. The zero-order valence-electron chi connectivity index (χ0n) is 19.2. The molecular formula is C25H35N5O. The molecule has 2 aromatic rings. The molecule has 0 bridgehead atoms. The second-order valence-electron chi connectivity index (χ2n) is 8.25. The number of hydrogen-bond acceptors (Lipinski definition) is 3. The number of carbonyl (C=O) groups excluding carboxylic acids is 1. The van der Waals surface area contributed by atoms with Crippen molar-refractivity contribution in [3.63, 3.8) is 0 Å². The van der Waals surface area contributed by atoms with E-state index in [4.69, 9.17) is 4.99 Å². The summed E-state index contributed by atoms with van der Waals surface area (Å²) in [5.41, 5.74) is 4.31. The smallest absolute Gasteiger partial charge is 0.253 e. The zero-order chi connectivity index (χ0) is 22.2. The van der Waals surface area contributed by atoms with Gasteiger partial charge < -0.3 is 20.4 Å². The average Bonchev–Trinajstić information content (AvgIpc) is 3.32. The first kappa shape index (κ1) is 22.7. The molecule has 6 heteroatoms. The van der Waals surface area contributed by atoms with Crippen molar-refractivity contribution in [2.24, 2.45) is 4.99 Å². The third-order valence-electron chi connectivity index (χ3n) is 5.57. The summed E-state index contributed by atoms with van der Waals surface area (Å²) in [6.45, 7) is 7.87. The predicted octanol–water partition coefficient (Wildman–Crippen LogP) is 3.80. The molecule has 0 radical (unpaired) electrons. The van der Waals surface area contributed by atoms with Crippen LogP contribution >= 0.6 is 0 Å². The summed E-state index contributed by atoms with van der Waals surface area (Å²) in [4.78, 5) is 20.8. The Morgan fingerprint density at radius 1 is 1.13 bits per heavy atom. The Kier molecular flexibility index (Phi) is 7.93. The van der Waals surface area contributed by atoms with Gasteiger partial charge in [0.25, 0.3) is 5.91 Å². The van der Waals surface area contributed by atoms with Gasteiger partial charge in [0.2, 0.25) is 0 Å². The highest BCUT2D eigenvalue weighted by molar-refractivity contribution is 5.93. The van der Waals surface area contributed by atoms with Crippen LogP contribution in [0.15, 0.2) is 53.5 Å². The maximum absolute atomic E-state index is 12.0. The van der Waals surface area contributed by atoms with E-state index in [0.29, 0.717) is 12.1 Å². The van der Waals surface area contributed by atoms with Gasteiger partial charge in [0, 0.05) is 45.0 Å². The van der Waals surface area contributed by atoms with Gasteiger partial charge in [-0.25, -0.2) is 4.99 Å². The minimum atomic E-state index is 0.00930. The van der Waals surface area contributed by atoms with Crippen molar-refractivity contribution in [3.05, 3.63) is 65.2 Å². The van der Waals surface area contributed by atoms with E-state index in [9.17, 15) is 4.79 Å². The van der Waals surface area contributed by atoms with Gasteiger partial charge in [-0.15, -0.1) is 0 Å². The SMILES string of the molecule is CCNC(=NCc1ccc(C(=O)N(C)C)cc1)NC(C)c1cccc(N2CCCC2)c1. The molecule has 1 fully saturated rings. The summed E-state index contributed by atoms with van der Waals surface area (Å²) in [5, 5.41) is 6.86. The maximum Gasteiger partial charge on any atom is 0.253 e. The Bertz CT molecular complexity index is 885. The molecule has 1 amide bonds. The Hall–Kier alpha value is -3.02. The molecule has 0 saturated carbocycles. The van der Waals surface area contributed by atoms with E-state index in [0.717, 1.165) is 31.2 Å². The number of carbonyl (C=O) groups is 1. The van der Waals surface area contributed by atoms with Crippen LogP contribution in [0.25, 0.3) is 0 Å². The summed E-state index contributed by atoms with van der Waals surface area (Å²) in [6.07, 6.45) is 2.55. The number of aliphatic imine (C=N–C) groups is 1. The van der Waals surface area contributed by atoms with E-state index < -0.39 is 0 Å². The zero-order valence-corrected chi connectivity index (χ0v) is 19.2. The molecule has 0 aliphatic carbocycles. The van der Waals surface area contributed by atoms with Crippen LogP contribution in [0.4, 0.5) is 5.69 Å². The molecule has 3 rings (SSSR count). The first-order valence-corrected chi connectivity index (χ1v) is 11.2. The van der Waals surface area contributed by atoms with Gasteiger partial charge in [-0.3, -0.25) is 4.79 Å². The standard InChI is InChI=1S/C25H35N5O/c1-5-26-25(27-18-20-11-13-21(14-12-20)24(31)29(3)4)28-19(2)22-9-8-10-23(17-22)30-15-6-7-16-30/h8-14,17,19H,5-7,15-16,18H2,1-4H3,(H2,26,27,28). The van der Waals surface area contributed by atoms with Gasteiger partial charge >= 0.3 is 0 Å². The molecule has 0 spiro atoms. The number of nitrogens with zero attached hydrogens (tertiary/aromatic N) is 3. The number of amides is 1. The molecule has 2 aromatic carbocycles. The van der Waals surface area contributed by atoms with E-state index >= 15 is 0 Å². The van der Waals surface area contributed by atoms with Gasteiger partial charge in [0.15, 0.2) is 5.96 Å². The van der Waals surface area contributed by atoms with E-state index in [-0.39, 0.29) is 11.9 Å². The fourth-order valence-corrected chi connectivity index (χ4v) is 3.76. The lowest BCUT2D eigenvalue weighted by Gasteiger charge is -2.22. The maximum atomic E-state index is 12.0. The molecule has 166 valence electrons. The van der Waals surface area contributed by atoms with Crippen molar-refractivity contribution >= 4 is 17.6 Å². The molecule has 1 unspecified atom stereocenters. The number of anilines is 1. The molecule has 1 saturated heterocycles. The number of hydrogen-bond donors (Lipinski definition) is 2.